The number of nitrogens with zero attached hydrogens (tertiary/aromatic N) is 1. The second kappa shape index (κ2) is 10.9. The van der Waals surface area contributed by atoms with Crippen molar-refractivity contribution >= 4 is 22.7 Å². The maximum Gasteiger partial charge on any atom is 0.409 e. The third-order valence-electron chi connectivity index (χ3n) is 1.25. The SMILES string of the molecule is CC.CC.O=C(Cl)Oc1ccc([N+](=O)[O-])cc1. The van der Waals surface area contributed by atoms with Crippen LogP contribution in [0.15, 0.2) is 24.3 Å². The van der Waals surface area contributed by atoms with E-state index in [4.69, 9.17) is 11.6 Å². The van der Waals surface area contributed by atoms with E-state index in [-0.39, 0.29) is 11.4 Å². The summed E-state index contributed by atoms with van der Waals surface area (Å²) in [6.45, 7) is 8.00. The van der Waals surface area contributed by atoms with Crippen molar-refractivity contribution in [3.05, 3.63) is 34.4 Å². The Labute approximate surface area is 105 Å². The number of hydrogen-bond donors (Lipinski definition) is 0. The van der Waals surface area contributed by atoms with Gasteiger partial charge in [-0.3, -0.25) is 10.1 Å². The van der Waals surface area contributed by atoms with Crippen molar-refractivity contribution in [2.24, 2.45) is 0 Å². The second-order valence-electron chi connectivity index (χ2n) is 2.09. The molecule has 0 aliphatic heterocycles. The molecule has 0 heterocycles. The van der Waals surface area contributed by atoms with Crippen molar-refractivity contribution in [2.45, 2.75) is 27.7 Å². The molecule has 6 heteroatoms. The second-order valence-corrected chi connectivity index (χ2v) is 2.40. The van der Waals surface area contributed by atoms with Gasteiger partial charge in [-0.15, -0.1) is 0 Å². The monoisotopic (exact) mass is 261 g/mol. The van der Waals surface area contributed by atoms with Crippen molar-refractivity contribution in [3.63, 3.8) is 0 Å². The van der Waals surface area contributed by atoms with E-state index >= 15 is 0 Å². The fourth-order valence-electron chi connectivity index (χ4n) is 0.729. The van der Waals surface area contributed by atoms with Gasteiger partial charge in [0.25, 0.3) is 5.69 Å². The van der Waals surface area contributed by atoms with Gasteiger partial charge in [0.2, 0.25) is 0 Å². The Morgan fingerprint density at radius 2 is 1.59 bits per heavy atom. The number of carbonyl (C=O) groups is 1. The lowest BCUT2D eigenvalue weighted by atomic mass is 10.3. The van der Waals surface area contributed by atoms with Gasteiger partial charge < -0.3 is 4.74 Å². The zero-order chi connectivity index (χ0) is 13.8. The smallest absolute Gasteiger partial charge is 0.409 e. The van der Waals surface area contributed by atoms with Crippen molar-refractivity contribution < 1.29 is 14.5 Å². The van der Waals surface area contributed by atoms with E-state index < -0.39 is 10.4 Å². The quantitative estimate of drug-likeness (QED) is 0.450. The van der Waals surface area contributed by atoms with E-state index in [1.807, 2.05) is 27.7 Å². The molecule has 0 aliphatic carbocycles. The number of nitro benzene ring substituents is 1. The molecule has 0 aliphatic rings. The van der Waals surface area contributed by atoms with Gasteiger partial charge in [0, 0.05) is 23.7 Å². The standard InChI is InChI=1S/C7H4ClNO4.2C2H6/c8-7(10)13-6-3-1-5(2-4-6)9(11)12;2*1-2/h1-4H;2*1-2H3. The van der Waals surface area contributed by atoms with E-state index in [0.717, 1.165) is 0 Å². The first kappa shape index (κ1) is 17.8. The van der Waals surface area contributed by atoms with Crippen LogP contribution in [-0.2, 0) is 0 Å². The van der Waals surface area contributed by atoms with Gasteiger partial charge in [-0.25, -0.2) is 4.79 Å². The number of carbonyl (C=O) groups excluding carboxylic acids is 1. The van der Waals surface area contributed by atoms with Gasteiger partial charge >= 0.3 is 5.43 Å². The average Bonchev–Trinajstić information content (AvgIpc) is 2.34. The molecule has 5 nitrogen and oxygen atoms in total. The molecule has 1 rings (SSSR count). The molecule has 0 N–H and O–H groups in total. The minimum Gasteiger partial charge on any atom is -0.414 e. The number of non-ortho nitro benzene ring substituents is 1. The maximum atomic E-state index is 10.2. The highest BCUT2D eigenvalue weighted by molar-refractivity contribution is 6.61. The number of ether oxygens (including phenoxy) is 1. The van der Waals surface area contributed by atoms with E-state index in [9.17, 15) is 14.9 Å². The molecule has 17 heavy (non-hydrogen) atoms. The van der Waals surface area contributed by atoms with Crippen molar-refractivity contribution in [2.75, 3.05) is 0 Å². The molecule has 1 aromatic carbocycles. The maximum absolute atomic E-state index is 10.2. The number of halogens is 1. The van der Waals surface area contributed by atoms with Crippen LogP contribution in [0.25, 0.3) is 0 Å². The summed E-state index contributed by atoms with van der Waals surface area (Å²) in [6, 6.07) is 5.02. The largest absolute Gasteiger partial charge is 0.414 e. The molecular formula is C11H16ClNO4. The molecule has 0 radical (unpaired) electrons. The lowest BCUT2D eigenvalue weighted by molar-refractivity contribution is -0.384. The lowest BCUT2D eigenvalue weighted by Crippen LogP contribution is -1.96. The molecule has 0 spiro atoms. The van der Waals surface area contributed by atoms with Crippen LogP contribution in [0.4, 0.5) is 10.5 Å². The van der Waals surface area contributed by atoms with Gasteiger partial charge in [-0.1, -0.05) is 27.7 Å². The Hall–Kier alpha value is -1.62. The third kappa shape index (κ3) is 8.21. The minimum atomic E-state index is -0.978. The van der Waals surface area contributed by atoms with E-state index in [0.29, 0.717) is 0 Å². The van der Waals surface area contributed by atoms with E-state index in [1.165, 1.54) is 24.3 Å². The Morgan fingerprint density at radius 3 is 1.88 bits per heavy atom. The molecular weight excluding hydrogens is 246 g/mol. The fraction of sp³-hybridized carbons (Fsp3) is 0.364. The summed E-state index contributed by atoms with van der Waals surface area (Å²) in [5.41, 5.74) is -1.05. The molecule has 0 bridgehead atoms. The molecule has 0 saturated heterocycles. The molecule has 0 fully saturated rings. The summed E-state index contributed by atoms with van der Waals surface area (Å²) in [5, 5.41) is 10.2. The van der Waals surface area contributed by atoms with Crippen LogP contribution < -0.4 is 4.74 Å². The topological polar surface area (TPSA) is 69.4 Å². The highest BCUT2D eigenvalue weighted by atomic mass is 35.5. The van der Waals surface area contributed by atoms with Crippen molar-refractivity contribution in [3.8, 4) is 5.75 Å². The third-order valence-corrected chi connectivity index (χ3v) is 1.32. The molecule has 0 unspecified atom stereocenters. The van der Waals surface area contributed by atoms with Crippen LogP contribution in [0.3, 0.4) is 0 Å². The average molecular weight is 262 g/mol. The van der Waals surface area contributed by atoms with Crippen molar-refractivity contribution in [1.29, 1.82) is 0 Å². The number of nitro groups is 1. The normalized spacial score (nSPS) is 7.82. The Morgan fingerprint density at radius 1 is 1.18 bits per heavy atom. The minimum absolute atomic E-state index is 0.0747. The fourth-order valence-corrected chi connectivity index (χ4v) is 0.818. The molecule has 0 amide bonds. The molecule has 1 aromatic rings. The Balaban J connectivity index is 0. The van der Waals surface area contributed by atoms with E-state index in [1.54, 1.807) is 0 Å². The summed E-state index contributed by atoms with van der Waals surface area (Å²) in [7, 11) is 0. The van der Waals surface area contributed by atoms with Crippen LogP contribution in [-0.4, -0.2) is 10.4 Å². The van der Waals surface area contributed by atoms with Gasteiger partial charge in [0.05, 0.1) is 4.92 Å². The van der Waals surface area contributed by atoms with Crippen LogP contribution in [0.1, 0.15) is 27.7 Å². The van der Waals surface area contributed by atoms with Crippen LogP contribution in [0.5, 0.6) is 5.75 Å². The summed E-state index contributed by atoms with van der Waals surface area (Å²) in [4.78, 5) is 19.9. The summed E-state index contributed by atoms with van der Waals surface area (Å²) in [6.07, 6.45) is 0. The summed E-state index contributed by atoms with van der Waals surface area (Å²) in [5.74, 6) is 0.172. The van der Waals surface area contributed by atoms with Crippen molar-refractivity contribution in [1.82, 2.24) is 0 Å². The highest BCUT2D eigenvalue weighted by Gasteiger charge is 2.05. The molecule has 0 aromatic heterocycles. The Bertz CT molecular complexity index is 338. The summed E-state index contributed by atoms with van der Waals surface area (Å²) < 4.78 is 4.45. The zero-order valence-corrected chi connectivity index (χ0v) is 11.0. The highest BCUT2D eigenvalue weighted by Crippen LogP contribution is 2.17. The first-order valence-corrected chi connectivity index (χ1v) is 5.59. The van der Waals surface area contributed by atoms with Gasteiger partial charge in [-0.2, -0.15) is 0 Å². The number of benzene rings is 1. The first-order valence-electron chi connectivity index (χ1n) is 5.21. The molecule has 0 atom stereocenters. The lowest BCUT2D eigenvalue weighted by Gasteiger charge is -1.97. The number of rotatable bonds is 2. The van der Waals surface area contributed by atoms with E-state index in [2.05, 4.69) is 4.74 Å². The van der Waals surface area contributed by atoms with Gasteiger partial charge in [-0.05, 0) is 12.1 Å². The van der Waals surface area contributed by atoms with Crippen LogP contribution >= 0.6 is 11.6 Å². The summed E-state index contributed by atoms with van der Waals surface area (Å²) >= 11 is 4.92. The van der Waals surface area contributed by atoms with Crippen LogP contribution in [0.2, 0.25) is 0 Å². The molecule has 96 valence electrons. The van der Waals surface area contributed by atoms with Gasteiger partial charge in [0.1, 0.15) is 5.75 Å². The predicted molar refractivity (Wildman–Crippen MR) is 67.7 cm³/mol. The first-order chi connectivity index (χ1) is 8.09. The van der Waals surface area contributed by atoms with Gasteiger partial charge in [0.15, 0.2) is 0 Å². The molecule has 0 saturated carbocycles. The zero-order valence-electron chi connectivity index (χ0n) is 10.3. The number of hydrogen-bond acceptors (Lipinski definition) is 4. The Kier molecular flexibility index (Phi) is 11.4. The predicted octanol–water partition coefficient (Wildman–Crippen LogP) is 4.38. The van der Waals surface area contributed by atoms with Crippen LogP contribution in [0, 0.1) is 10.1 Å².